The van der Waals surface area contributed by atoms with Crippen LogP contribution in [0.25, 0.3) is 0 Å². The number of fused-ring (bicyclic) bond motifs is 10. The molecule has 0 radical (unpaired) electrons. The van der Waals surface area contributed by atoms with E-state index >= 15 is 0 Å². The Balaban J connectivity index is 0.994. The van der Waals surface area contributed by atoms with Crippen molar-refractivity contribution < 1.29 is 19.2 Å². The van der Waals surface area contributed by atoms with Crippen molar-refractivity contribution >= 4 is 23.6 Å². The summed E-state index contributed by atoms with van der Waals surface area (Å²) in [5.74, 6) is 0.684. The van der Waals surface area contributed by atoms with E-state index in [0.29, 0.717) is 13.1 Å². The van der Waals surface area contributed by atoms with E-state index in [-0.39, 0.29) is 82.8 Å². The molecule has 10 unspecified atom stereocenters. The molecule has 10 atom stereocenters. The number of hydrogen-bond donors (Lipinski definition) is 0. The Labute approximate surface area is 224 Å². The van der Waals surface area contributed by atoms with Crippen LogP contribution in [-0.4, -0.2) is 46.5 Å². The minimum Gasteiger partial charge on any atom is -0.282 e. The fourth-order valence-electron chi connectivity index (χ4n) is 9.75. The van der Waals surface area contributed by atoms with Crippen molar-refractivity contribution in [2.75, 3.05) is 13.1 Å². The molecule has 3 saturated carbocycles. The van der Waals surface area contributed by atoms with Gasteiger partial charge in [-0.25, -0.2) is 0 Å². The maximum atomic E-state index is 13.5. The van der Waals surface area contributed by atoms with E-state index in [0.717, 1.165) is 51.4 Å². The Hall–Kier alpha value is -2.76. The van der Waals surface area contributed by atoms with Gasteiger partial charge in [0.15, 0.2) is 0 Å². The van der Waals surface area contributed by atoms with Crippen molar-refractivity contribution in [3.05, 3.63) is 48.6 Å². The highest BCUT2D eigenvalue weighted by Gasteiger charge is 2.62. The van der Waals surface area contributed by atoms with E-state index in [9.17, 15) is 19.2 Å². The molecule has 7 rings (SSSR count). The smallest absolute Gasteiger partial charge is 0.233 e. The Morgan fingerprint density at radius 1 is 0.658 bits per heavy atom. The van der Waals surface area contributed by atoms with Crippen molar-refractivity contribution in [1.82, 2.24) is 9.80 Å². The number of amides is 4. The van der Waals surface area contributed by atoms with Crippen molar-refractivity contribution in [1.29, 1.82) is 0 Å². The Bertz CT molecular complexity index is 1110. The third kappa shape index (κ3) is 3.37. The molecule has 38 heavy (non-hydrogen) atoms. The molecule has 5 fully saturated rings. The molecule has 2 heterocycles. The number of hydrogen-bond acceptors (Lipinski definition) is 4. The molecule has 0 aromatic heterocycles. The Morgan fingerprint density at radius 2 is 1.08 bits per heavy atom. The first-order valence-electron chi connectivity index (χ1n) is 14.7. The van der Waals surface area contributed by atoms with Crippen LogP contribution in [0.4, 0.5) is 0 Å². The monoisotopic (exact) mass is 514 g/mol. The van der Waals surface area contributed by atoms with E-state index < -0.39 is 0 Å². The van der Waals surface area contributed by atoms with E-state index in [1.54, 1.807) is 9.80 Å². The summed E-state index contributed by atoms with van der Waals surface area (Å²) >= 11 is 0. The lowest BCUT2D eigenvalue weighted by Crippen LogP contribution is -2.41. The van der Waals surface area contributed by atoms with Gasteiger partial charge in [-0.1, -0.05) is 41.9 Å². The number of imide groups is 2. The van der Waals surface area contributed by atoms with Crippen molar-refractivity contribution in [3.63, 3.8) is 0 Å². The van der Waals surface area contributed by atoms with E-state index in [2.05, 4.69) is 25.3 Å². The Kier molecular flexibility index (Phi) is 5.68. The van der Waals surface area contributed by atoms with Crippen LogP contribution in [0, 0.1) is 59.2 Å². The topological polar surface area (TPSA) is 74.8 Å². The van der Waals surface area contributed by atoms with Crippen LogP contribution in [0.1, 0.15) is 51.4 Å². The number of allylic oxidation sites excluding steroid dienone is 6. The number of carbonyl (C=O) groups excluding carboxylic acids is 4. The van der Waals surface area contributed by atoms with Crippen molar-refractivity contribution in [2.45, 2.75) is 51.4 Å². The first kappa shape index (κ1) is 24.3. The van der Waals surface area contributed by atoms with Gasteiger partial charge in [0, 0.05) is 13.1 Å². The number of carbonyl (C=O) groups is 4. The zero-order valence-corrected chi connectivity index (χ0v) is 22.1. The minimum atomic E-state index is -0.180. The van der Waals surface area contributed by atoms with Crippen LogP contribution < -0.4 is 0 Å². The van der Waals surface area contributed by atoms with Crippen LogP contribution in [0.3, 0.4) is 0 Å². The first-order chi connectivity index (χ1) is 18.4. The van der Waals surface area contributed by atoms with E-state index in [1.165, 1.54) is 11.1 Å². The normalized spacial score (nSPS) is 42.6. The number of likely N-dealkylation sites (tertiary alicyclic amines) is 2. The highest BCUT2D eigenvalue weighted by atomic mass is 16.2. The van der Waals surface area contributed by atoms with Gasteiger partial charge in [0.05, 0.1) is 23.7 Å². The van der Waals surface area contributed by atoms with Gasteiger partial charge in [-0.2, -0.15) is 0 Å². The highest BCUT2D eigenvalue weighted by molar-refractivity contribution is 6.07. The lowest BCUT2D eigenvalue weighted by molar-refractivity contribution is -0.142. The third-order valence-electron chi connectivity index (χ3n) is 11.2. The molecule has 0 N–H and O–H groups in total. The quantitative estimate of drug-likeness (QED) is 0.358. The first-order valence-corrected chi connectivity index (χ1v) is 14.7. The fourth-order valence-corrected chi connectivity index (χ4v) is 9.75. The van der Waals surface area contributed by atoms with Crippen molar-refractivity contribution in [2.24, 2.45) is 59.2 Å². The third-order valence-corrected chi connectivity index (χ3v) is 11.2. The van der Waals surface area contributed by atoms with Gasteiger partial charge in [-0.15, -0.1) is 13.2 Å². The van der Waals surface area contributed by atoms with Gasteiger partial charge >= 0.3 is 0 Å². The lowest BCUT2D eigenvalue weighted by atomic mass is 9.80. The van der Waals surface area contributed by atoms with Gasteiger partial charge in [-0.3, -0.25) is 29.0 Å². The largest absolute Gasteiger partial charge is 0.282 e. The summed E-state index contributed by atoms with van der Waals surface area (Å²) in [5, 5.41) is 0. The molecular formula is C32H38N2O4. The Morgan fingerprint density at radius 3 is 1.50 bits per heavy atom. The number of rotatable bonds is 8. The molecule has 200 valence electrons. The van der Waals surface area contributed by atoms with Gasteiger partial charge in [0.2, 0.25) is 23.6 Å². The second-order valence-corrected chi connectivity index (χ2v) is 13.1. The molecular weight excluding hydrogens is 476 g/mol. The fraction of sp³-hybridized carbons (Fsp3) is 0.625. The average Bonchev–Trinajstić information content (AvgIpc) is 3.73. The average molecular weight is 515 g/mol. The van der Waals surface area contributed by atoms with Gasteiger partial charge in [0.1, 0.15) is 0 Å². The molecule has 6 heteroatoms. The molecule has 6 nitrogen and oxygen atoms in total. The van der Waals surface area contributed by atoms with Crippen LogP contribution >= 0.6 is 0 Å². The maximum Gasteiger partial charge on any atom is 0.233 e. The van der Waals surface area contributed by atoms with Crippen LogP contribution in [0.15, 0.2) is 48.6 Å². The van der Waals surface area contributed by atoms with Crippen LogP contribution in [0.2, 0.25) is 0 Å². The maximum absolute atomic E-state index is 13.5. The molecule has 7 aliphatic rings. The molecule has 2 aliphatic heterocycles. The SMILES string of the molecule is C=CCC1=CC2CC1C1C(=O)N(CC3CCCC(CN4C(=O)C5C6C=C(CC=C)C(C6)C5C4=O)C3)C(=O)C21. The van der Waals surface area contributed by atoms with Crippen LogP contribution in [-0.2, 0) is 19.2 Å². The summed E-state index contributed by atoms with van der Waals surface area (Å²) in [6, 6.07) is 0. The summed E-state index contributed by atoms with van der Waals surface area (Å²) in [4.78, 5) is 56.8. The molecule has 4 amide bonds. The van der Waals surface area contributed by atoms with Gasteiger partial charge in [-0.05, 0) is 80.5 Å². The molecule has 5 aliphatic carbocycles. The summed E-state index contributed by atoms with van der Waals surface area (Å²) < 4.78 is 0. The van der Waals surface area contributed by atoms with Gasteiger partial charge < -0.3 is 0 Å². The van der Waals surface area contributed by atoms with E-state index in [1.807, 2.05) is 12.2 Å². The summed E-state index contributed by atoms with van der Waals surface area (Å²) in [5.41, 5.74) is 2.58. The minimum absolute atomic E-state index is 0.0274. The molecule has 0 aromatic rings. The van der Waals surface area contributed by atoms with Crippen molar-refractivity contribution in [3.8, 4) is 0 Å². The lowest BCUT2D eigenvalue weighted by Gasteiger charge is -2.33. The van der Waals surface area contributed by atoms with Gasteiger partial charge in [0.25, 0.3) is 0 Å². The standard InChI is InChI=1S/C32H38N2O4/c1-3-6-19-11-21-13-23(19)27-25(21)29(35)33(31(27)37)15-17-8-5-9-18(10-17)16-34-30(36)26-22-12-20(7-4-2)24(14-22)28(26)32(34)38/h3-4,11-12,17-18,21-28H,1-2,5-10,13-16H2. The second-order valence-electron chi connectivity index (χ2n) is 13.1. The highest BCUT2D eigenvalue weighted by Crippen LogP contribution is 2.57. The summed E-state index contributed by atoms with van der Waals surface area (Å²) in [6.45, 7) is 8.69. The number of nitrogens with zero attached hydrogens (tertiary/aromatic N) is 2. The molecule has 0 spiro atoms. The zero-order chi connectivity index (χ0) is 26.3. The van der Waals surface area contributed by atoms with E-state index in [4.69, 9.17) is 0 Å². The molecule has 4 bridgehead atoms. The predicted octanol–water partition coefficient (Wildman–Crippen LogP) is 4.30. The van der Waals surface area contributed by atoms with Crippen LogP contribution in [0.5, 0.6) is 0 Å². The predicted molar refractivity (Wildman–Crippen MR) is 142 cm³/mol. The summed E-state index contributed by atoms with van der Waals surface area (Å²) in [7, 11) is 0. The molecule has 0 aromatic carbocycles. The molecule has 2 saturated heterocycles. The zero-order valence-electron chi connectivity index (χ0n) is 22.1. The second kappa shape index (κ2) is 8.89. The summed E-state index contributed by atoms with van der Waals surface area (Å²) in [6.07, 6.45) is 15.6.